The molecule has 4 heterocycles. The molecule has 0 fully saturated rings. The third-order valence-electron chi connectivity index (χ3n) is 20.8. The fraction of sp³-hybridized carbons (Fsp3) is 0.333. The summed E-state index contributed by atoms with van der Waals surface area (Å²) in [6.45, 7) is 52.8. The zero-order valence-corrected chi connectivity index (χ0v) is 63.5. The number of nitrogens with zero attached hydrogens (tertiary/aromatic N) is 4. The molecular weight excluding hydrogens is 1360 g/mol. The molecule has 502 valence electrons. The number of furan rings is 1. The van der Waals surface area contributed by atoms with Crippen LogP contribution < -0.4 is 14.5 Å². The number of pyridine rings is 1. The molecule has 0 unspecified atom stereocenters. The van der Waals surface area contributed by atoms with Crippen molar-refractivity contribution in [2.75, 3.05) is 9.80 Å². The van der Waals surface area contributed by atoms with Crippen molar-refractivity contribution in [2.45, 2.75) is 191 Å². The quantitative estimate of drug-likeness (QED) is 0.121. The summed E-state index contributed by atoms with van der Waals surface area (Å²) in [5, 5.41) is 3.97. The molecule has 0 aliphatic carbocycles. The maximum atomic E-state index is 9.49. The van der Waals surface area contributed by atoms with E-state index in [0.717, 1.165) is 94.3 Å². The van der Waals surface area contributed by atoms with Crippen molar-refractivity contribution < 1.29 is 31.6 Å². The molecule has 0 atom stereocenters. The van der Waals surface area contributed by atoms with Gasteiger partial charge in [-0.1, -0.05) is 259 Å². The molecule has 97 heavy (non-hydrogen) atoms. The van der Waals surface area contributed by atoms with Crippen LogP contribution in [0.2, 0.25) is 0 Å². The van der Waals surface area contributed by atoms with E-state index in [1.807, 2.05) is 25.1 Å². The molecule has 3 aromatic heterocycles. The summed E-state index contributed by atoms with van der Waals surface area (Å²) in [5.41, 5.74) is 23.0. The van der Waals surface area contributed by atoms with Gasteiger partial charge in [0.25, 0.3) is 0 Å². The molecule has 12 aromatic rings. The van der Waals surface area contributed by atoms with Crippen LogP contribution in [0.4, 0.5) is 22.7 Å². The van der Waals surface area contributed by atoms with Gasteiger partial charge in [-0.25, -0.2) is 4.98 Å². The summed E-state index contributed by atoms with van der Waals surface area (Å²) in [6, 6.07) is 68.3. The number of aromatic nitrogens is 2. The van der Waals surface area contributed by atoms with Gasteiger partial charge in [-0.2, -0.15) is 6.07 Å². The number of benzene rings is 9. The molecule has 7 heteroatoms. The predicted octanol–water partition coefficient (Wildman–Crippen LogP) is 25.9. The zero-order chi connectivity index (χ0) is 69.5. The van der Waals surface area contributed by atoms with Crippen LogP contribution in [-0.4, -0.2) is 9.55 Å². The first-order valence-corrected chi connectivity index (χ1v) is 34.6. The zero-order valence-electron chi connectivity index (χ0n) is 62.2. The molecule has 0 saturated carbocycles. The van der Waals surface area contributed by atoms with Crippen molar-refractivity contribution in [1.82, 2.24) is 9.55 Å². The second kappa shape index (κ2) is 24.7. The van der Waals surface area contributed by atoms with Crippen molar-refractivity contribution in [3.63, 3.8) is 0 Å². The van der Waals surface area contributed by atoms with Crippen LogP contribution in [0.25, 0.3) is 82.9 Å². The molecule has 0 radical (unpaired) electrons. The van der Waals surface area contributed by atoms with Crippen molar-refractivity contribution in [3.8, 4) is 50.7 Å². The third kappa shape index (κ3) is 12.5. The predicted molar refractivity (Wildman–Crippen MR) is 408 cm³/mol. The Balaban J connectivity index is 0.00000914. The molecule has 0 bridgehead atoms. The van der Waals surface area contributed by atoms with E-state index in [1.54, 1.807) is 0 Å². The van der Waals surface area contributed by atoms with Gasteiger partial charge < -0.3 is 23.5 Å². The summed E-state index contributed by atoms with van der Waals surface area (Å²) >= 11 is 0. The number of rotatable bonds is 11. The Hall–Kier alpha value is -8.18. The van der Waals surface area contributed by atoms with E-state index < -0.39 is 0 Å². The molecule has 6 nitrogen and oxygen atoms in total. The first kappa shape index (κ1) is 67.4. The van der Waals surface area contributed by atoms with E-state index in [2.05, 4.69) is 324 Å². The maximum absolute atomic E-state index is 9.49. The molecule has 0 amide bonds. The molecule has 0 spiro atoms. The summed E-state index contributed by atoms with van der Waals surface area (Å²) in [4.78, 5) is 9.88. The van der Waals surface area contributed by atoms with Crippen LogP contribution in [0.1, 0.15) is 203 Å². The average Bonchev–Trinajstić information content (AvgIpc) is 1.54. The number of anilines is 4. The Morgan fingerprint density at radius 3 is 1.59 bits per heavy atom. The number of para-hydroxylation sites is 4. The summed E-state index contributed by atoms with van der Waals surface area (Å²) in [6.07, 6.45) is 0.242. The topological polar surface area (TPSA) is 46.7 Å². The Kier molecular flexibility index (Phi) is 17.1. The Bertz CT molecular complexity index is 4910. The van der Waals surface area contributed by atoms with Gasteiger partial charge in [0.15, 0.2) is 0 Å². The Morgan fingerprint density at radius 2 is 1.04 bits per heavy atom. The number of hydrogen-bond acceptors (Lipinski definition) is 5. The molecule has 1 aliphatic rings. The molecule has 1 aliphatic heterocycles. The van der Waals surface area contributed by atoms with Crippen molar-refractivity contribution >= 4 is 66.5 Å². The second-order valence-electron chi connectivity index (χ2n) is 33.5. The molecule has 0 N–H and O–H groups in total. The smallest absolute Gasteiger partial charge is 0.135 e. The minimum atomic E-state index is -0.312. The SMILES string of the molecule is [2H]c1nc(-n2c3[c-]c(Oc4[c-]c(N5[CH-]N(c6c(-c7cc(C(C)(C)C)cc(C(C)(C)C)c7)cccc6-c6cc(C(C)(C)C)cc(C(C)(C)C)c6)c6ccccc65)cc(-c5c(C(C)C)cccc5C(C)C)c4)ccc3c3c4oc5ccccc5c4ccc32)cc(C(C)(C)C(C)(C)C)c1C.[Pt]. The van der Waals surface area contributed by atoms with E-state index in [9.17, 15) is 1.37 Å². The third-order valence-corrected chi connectivity index (χ3v) is 20.8. The Morgan fingerprint density at radius 1 is 0.515 bits per heavy atom. The van der Waals surface area contributed by atoms with Gasteiger partial charge in [-0.3, -0.25) is 0 Å². The van der Waals surface area contributed by atoms with Crippen molar-refractivity contribution in [3.05, 3.63) is 233 Å². The molecule has 9 aromatic carbocycles. The summed E-state index contributed by atoms with van der Waals surface area (Å²) < 4.78 is 25.9. The minimum absolute atomic E-state index is 0. The normalized spacial score (nSPS) is 13.6. The summed E-state index contributed by atoms with van der Waals surface area (Å²) in [5.74, 6) is 2.15. The van der Waals surface area contributed by atoms with Gasteiger partial charge in [-0.15, -0.1) is 48.3 Å². The second-order valence-corrected chi connectivity index (χ2v) is 33.5. The fourth-order valence-electron chi connectivity index (χ4n) is 14.0. The number of fused-ring (bicyclic) bond motifs is 8. The van der Waals surface area contributed by atoms with Crippen LogP contribution in [0, 0.1) is 31.1 Å². The van der Waals surface area contributed by atoms with Gasteiger partial charge in [-0.05, 0) is 154 Å². The first-order chi connectivity index (χ1) is 45.5. The number of hydrogen-bond donors (Lipinski definition) is 0. The van der Waals surface area contributed by atoms with Crippen LogP contribution in [-0.2, 0) is 48.1 Å². The summed E-state index contributed by atoms with van der Waals surface area (Å²) in [7, 11) is 0. The average molecular weight is 1460 g/mol. The van der Waals surface area contributed by atoms with Gasteiger partial charge in [0.2, 0.25) is 0 Å². The van der Waals surface area contributed by atoms with Crippen molar-refractivity contribution in [2.24, 2.45) is 5.41 Å². The minimum Gasteiger partial charge on any atom is -0.509 e. The van der Waals surface area contributed by atoms with Crippen LogP contribution in [0.5, 0.6) is 11.5 Å². The van der Waals surface area contributed by atoms with Gasteiger partial charge in [0, 0.05) is 83.2 Å². The van der Waals surface area contributed by atoms with E-state index in [-0.39, 0.29) is 71.6 Å². The van der Waals surface area contributed by atoms with Crippen LogP contribution in [0.3, 0.4) is 0 Å². The van der Waals surface area contributed by atoms with Gasteiger partial charge in [0.05, 0.1) is 1.37 Å². The van der Waals surface area contributed by atoms with E-state index >= 15 is 0 Å². The standard InChI is InChI=1S/C90H97N4O2.Pt/c1-54(2)67-30-27-31-68(55(3)4)81(67)59-45-64(49-66(46-59)95-65-37-38-73-78(50-65)94(80-51-74(56(5)52-91-80)90(21,22)89(18,19)20)77-40-39-72-71-29-23-26-36-79(71)96-84(72)82(73)77)92-53-93(76-35-25-24-34-75(76)92)83-69(57-41-60(85(6,7)8)47-61(42-57)86(9,10)11)32-28-33-70(83)58-43-62(87(12,13)14)48-63(44-58)88(15,16)17;/h23-48,51-55H,1-22H3;/q-3;/i52D;. The molecule has 0 saturated heterocycles. The first-order valence-electron chi connectivity index (χ1n) is 35.1. The molecular formula is C90H97N4O2Pt-3. The molecule has 13 rings (SSSR count). The van der Waals surface area contributed by atoms with Crippen LogP contribution >= 0.6 is 0 Å². The van der Waals surface area contributed by atoms with E-state index in [1.165, 1.54) is 50.1 Å². The van der Waals surface area contributed by atoms with Crippen LogP contribution in [0.15, 0.2) is 174 Å². The van der Waals surface area contributed by atoms with Gasteiger partial charge >= 0.3 is 0 Å². The van der Waals surface area contributed by atoms with Crippen molar-refractivity contribution in [1.29, 1.82) is 0 Å². The number of ether oxygens (including phenoxy) is 1. The largest absolute Gasteiger partial charge is 0.509 e. The monoisotopic (exact) mass is 1460 g/mol. The van der Waals surface area contributed by atoms with Gasteiger partial charge in [0.1, 0.15) is 17.0 Å². The van der Waals surface area contributed by atoms with E-state index in [4.69, 9.17) is 14.1 Å². The fourth-order valence-corrected chi connectivity index (χ4v) is 14.0. The Labute approximate surface area is 594 Å². The van der Waals surface area contributed by atoms with E-state index in [0.29, 0.717) is 17.3 Å². The maximum Gasteiger partial charge on any atom is 0.135 e.